The fourth-order valence-corrected chi connectivity index (χ4v) is 10.4. The number of rotatable bonds is 14. The normalized spacial score (nSPS) is 18.7. The number of pyridine rings is 1. The molecule has 362 valence electrons. The van der Waals surface area contributed by atoms with E-state index in [0.29, 0.717) is 59.3 Å². The number of para-hydroxylation sites is 2. The van der Waals surface area contributed by atoms with Gasteiger partial charge in [0.1, 0.15) is 33.9 Å². The van der Waals surface area contributed by atoms with Gasteiger partial charge in [0.05, 0.1) is 11.4 Å². The van der Waals surface area contributed by atoms with Crippen LogP contribution in [0.3, 0.4) is 0 Å². The predicted molar refractivity (Wildman–Crippen MR) is 273 cm³/mol. The number of carbonyl (C=O) groups is 4. The second-order valence-corrected chi connectivity index (χ2v) is 19.4. The number of aromatic nitrogens is 4. The largest absolute Gasteiger partial charge is 0.489 e. The molecule has 1 aliphatic carbocycles. The number of nitrogens with one attached hydrogen (secondary N) is 6. The Balaban J connectivity index is 0.713. The van der Waals surface area contributed by atoms with Crippen molar-refractivity contribution in [2.45, 2.75) is 89.9 Å². The van der Waals surface area contributed by atoms with Gasteiger partial charge in [0.25, 0.3) is 23.6 Å². The van der Waals surface area contributed by atoms with Gasteiger partial charge in [-0.15, -0.1) is 16.4 Å². The lowest BCUT2D eigenvalue weighted by Gasteiger charge is -2.39. The van der Waals surface area contributed by atoms with Crippen LogP contribution in [-0.4, -0.2) is 108 Å². The van der Waals surface area contributed by atoms with Gasteiger partial charge in [-0.2, -0.15) is 0 Å². The minimum atomic E-state index is -0.913. The zero-order valence-electron chi connectivity index (χ0n) is 40.0. The van der Waals surface area contributed by atoms with E-state index in [1.165, 1.54) is 33.1 Å². The number of carbonyl (C=O) groups excluding carboxylic acids is 4. The second-order valence-electron chi connectivity index (χ2n) is 18.4. The van der Waals surface area contributed by atoms with Crippen LogP contribution in [-0.2, 0) is 28.9 Å². The Kier molecular flexibility index (Phi) is 14.7. The van der Waals surface area contributed by atoms with E-state index >= 15 is 0 Å². The Bertz CT molecular complexity index is 2960. The number of fused-ring (bicyclic) bond motifs is 3. The first-order valence-corrected chi connectivity index (χ1v) is 25.0. The van der Waals surface area contributed by atoms with Gasteiger partial charge in [-0.25, -0.2) is 9.97 Å². The molecule has 0 bridgehead atoms. The molecule has 0 unspecified atom stereocenters. The molecule has 5 heterocycles. The number of unbranched alkanes of at least 4 members (excludes halogenated alkanes) is 1. The van der Waals surface area contributed by atoms with Crippen molar-refractivity contribution < 1.29 is 23.9 Å². The van der Waals surface area contributed by atoms with E-state index in [2.05, 4.69) is 90.6 Å². The van der Waals surface area contributed by atoms with E-state index < -0.39 is 11.9 Å². The van der Waals surface area contributed by atoms with Crippen molar-refractivity contribution in [2.24, 2.45) is 0 Å². The minimum absolute atomic E-state index is 0.0235. The monoisotopic (exact) mass is 961 g/mol. The van der Waals surface area contributed by atoms with Crippen LogP contribution in [0.4, 0.5) is 17.1 Å². The van der Waals surface area contributed by atoms with Crippen LogP contribution in [0.2, 0.25) is 0 Å². The molecule has 4 amide bonds. The fraction of sp³-hybridized carbons (Fsp3) is 0.377. The molecule has 4 atom stereocenters. The summed E-state index contributed by atoms with van der Waals surface area (Å²) in [6.07, 6.45) is 5.59. The molecular formula is C53H59N11O5S. The van der Waals surface area contributed by atoms with E-state index in [9.17, 15) is 19.2 Å². The maximum Gasteiger partial charge on any atom is 0.296 e. The van der Waals surface area contributed by atoms with Crippen LogP contribution < -0.4 is 41.1 Å². The third kappa shape index (κ3) is 11.2. The Hall–Kier alpha value is -7.29. The van der Waals surface area contributed by atoms with Gasteiger partial charge in [0.15, 0.2) is 0 Å². The number of likely N-dealkylation sites (N-methyl/N-ethyl adjacent to an activating group) is 1. The van der Waals surface area contributed by atoms with Crippen molar-refractivity contribution in [3.05, 3.63) is 123 Å². The fourth-order valence-electron chi connectivity index (χ4n) is 9.35. The summed E-state index contributed by atoms with van der Waals surface area (Å²) < 4.78 is 5.79. The maximum absolute atomic E-state index is 14.0. The number of H-pyrrole nitrogens is 1. The first-order chi connectivity index (χ1) is 34.0. The molecule has 0 spiro atoms. The number of anilines is 3. The molecule has 9 rings (SSSR count). The second kappa shape index (κ2) is 21.6. The summed E-state index contributed by atoms with van der Waals surface area (Å²) in [6.45, 7) is 9.53. The molecular weight excluding hydrogens is 903 g/mol. The van der Waals surface area contributed by atoms with Gasteiger partial charge in [0.2, 0.25) is 5.82 Å². The van der Waals surface area contributed by atoms with E-state index in [4.69, 9.17) is 9.72 Å². The number of aromatic amines is 1. The molecule has 3 aromatic heterocycles. The smallest absolute Gasteiger partial charge is 0.296 e. The molecule has 70 heavy (non-hydrogen) atoms. The lowest BCUT2D eigenvalue weighted by atomic mass is 9.87. The summed E-state index contributed by atoms with van der Waals surface area (Å²) in [7, 11) is 1.64. The SMILES string of the molecule is CC[C@@H]1CN(c2ccc3c(c2)CC[C@H](NC(=O)c2sc4nc(C)ccc4c2NCCCCNC(=O)C#Cc2ccc(Cc4nc(C(=O)N[C@H]5COc6ccccc6N(C)C5=O)n[nH]4)cc2)C3)C[C@H](C)N1. The number of amides is 4. The molecule has 6 aromatic rings. The number of hydrogen-bond donors (Lipinski definition) is 6. The van der Waals surface area contributed by atoms with E-state index in [1.807, 2.05) is 55.5 Å². The van der Waals surface area contributed by atoms with Crippen LogP contribution in [0, 0.1) is 18.8 Å². The highest BCUT2D eigenvalue weighted by Gasteiger charge is 2.32. The summed E-state index contributed by atoms with van der Waals surface area (Å²) in [5.41, 5.74) is 7.86. The maximum atomic E-state index is 14.0. The van der Waals surface area contributed by atoms with Crippen molar-refractivity contribution in [1.82, 2.24) is 41.4 Å². The van der Waals surface area contributed by atoms with Crippen molar-refractivity contribution in [3.63, 3.8) is 0 Å². The van der Waals surface area contributed by atoms with Gasteiger partial charge in [-0.05, 0) is 118 Å². The zero-order chi connectivity index (χ0) is 48.7. The number of nitrogens with zero attached hydrogens (tertiary/aromatic N) is 5. The van der Waals surface area contributed by atoms with Gasteiger partial charge in [0, 0.05) is 86.0 Å². The third-order valence-electron chi connectivity index (χ3n) is 13.1. The van der Waals surface area contributed by atoms with Crippen LogP contribution in [0.5, 0.6) is 5.75 Å². The molecule has 3 aliphatic rings. The predicted octanol–water partition coefficient (Wildman–Crippen LogP) is 5.69. The van der Waals surface area contributed by atoms with Gasteiger partial charge in [-0.1, -0.05) is 43.2 Å². The topological polar surface area (TPSA) is 199 Å². The van der Waals surface area contributed by atoms with E-state index in [-0.39, 0.29) is 36.2 Å². The molecule has 2 aliphatic heterocycles. The number of benzene rings is 3. The summed E-state index contributed by atoms with van der Waals surface area (Å²) >= 11 is 1.42. The molecule has 0 radical (unpaired) electrons. The highest BCUT2D eigenvalue weighted by molar-refractivity contribution is 7.21. The Morgan fingerprint density at radius 2 is 1.77 bits per heavy atom. The highest BCUT2D eigenvalue weighted by Crippen LogP contribution is 2.36. The Morgan fingerprint density at radius 1 is 0.943 bits per heavy atom. The molecule has 6 N–H and O–H groups in total. The quantitative estimate of drug-likeness (QED) is 0.0580. The van der Waals surface area contributed by atoms with Crippen molar-refractivity contribution in [1.29, 1.82) is 0 Å². The molecule has 1 fully saturated rings. The lowest BCUT2D eigenvalue weighted by molar-refractivity contribution is -0.120. The molecule has 16 nitrogen and oxygen atoms in total. The first-order valence-electron chi connectivity index (χ1n) is 24.2. The van der Waals surface area contributed by atoms with E-state index in [0.717, 1.165) is 78.8 Å². The number of ether oxygens (including phenoxy) is 1. The first kappa shape index (κ1) is 47.8. The minimum Gasteiger partial charge on any atom is -0.489 e. The third-order valence-corrected chi connectivity index (χ3v) is 14.2. The van der Waals surface area contributed by atoms with Crippen molar-refractivity contribution in [2.75, 3.05) is 55.0 Å². The van der Waals surface area contributed by atoms with Gasteiger partial charge in [-0.3, -0.25) is 24.3 Å². The molecule has 0 saturated carbocycles. The molecule has 1 saturated heterocycles. The van der Waals surface area contributed by atoms with E-state index in [1.54, 1.807) is 19.2 Å². The summed E-state index contributed by atoms with van der Waals surface area (Å²) in [6, 6.07) is 25.5. The average molecular weight is 962 g/mol. The van der Waals surface area contributed by atoms with Gasteiger partial charge < -0.3 is 41.1 Å². The summed E-state index contributed by atoms with van der Waals surface area (Å²) in [5, 5.41) is 24.0. The van der Waals surface area contributed by atoms with Gasteiger partial charge >= 0.3 is 0 Å². The number of hydrogen-bond acceptors (Lipinski definition) is 12. The standard InChI is InChI=1S/C53H59N11O5S/c1-5-38-30-64(29-33(3)56-38)40-21-19-36-27-39(20-18-37(36)28-40)58-50(66)48-47(41-22-12-32(2)57-52(41)70-48)55-25-9-8-24-54-46(65)23-17-34-13-15-35(16-14-34)26-45-60-49(62-61-45)51(67)59-42-31-69-44-11-7-6-10-43(44)63(4)53(42)68/h6-7,10-16,19,21-22,28,33,38-39,42,55-56H,5,8-9,18,20,24-27,29-31H2,1-4H3,(H,54,65)(H,58,66)(H,59,67)(H,60,61,62)/t33-,38+,39-,42-/m0/s1. The summed E-state index contributed by atoms with van der Waals surface area (Å²) in [5.74, 6) is 5.17. The van der Waals surface area contributed by atoms with Crippen molar-refractivity contribution >= 4 is 62.2 Å². The average Bonchev–Trinajstić information content (AvgIpc) is 3.97. The molecule has 3 aromatic carbocycles. The molecule has 17 heteroatoms. The van der Waals surface area contributed by atoms with Crippen LogP contribution in [0.25, 0.3) is 10.2 Å². The highest BCUT2D eigenvalue weighted by atomic mass is 32.1. The lowest BCUT2D eigenvalue weighted by Crippen LogP contribution is -2.55. The van der Waals surface area contributed by atoms with Crippen LogP contribution >= 0.6 is 11.3 Å². The number of piperazine rings is 1. The number of thiophene rings is 1. The van der Waals surface area contributed by atoms with Crippen molar-refractivity contribution in [3.8, 4) is 17.6 Å². The Morgan fingerprint density at radius 3 is 2.61 bits per heavy atom. The summed E-state index contributed by atoms with van der Waals surface area (Å²) in [4.78, 5) is 67.2. The van der Waals surface area contributed by atoms with Crippen LogP contribution in [0.15, 0.2) is 78.9 Å². The van der Waals surface area contributed by atoms with Crippen LogP contribution in [0.1, 0.15) is 93.6 Å². The number of aryl methyl sites for hydroxylation is 2. The zero-order valence-corrected chi connectivity index (χ0v) is 40.8. The Labute approximate surface area is 411 Å².